The lowest BCUT2D eigenvalue weighted by Crippen LogP contribution is -2.52. The van der Waals surface area contributed by atoms with Crippen molar-refractivity contribution >= 4 is 0 Å². The van der Waals surface area contributed by atoms with Gasteiger partial charge in [0, 0.05) is 26.3 Å². The Balaban J connectivity index is 1.28. The van der Waals surface area contributed by atoms with Crippen LogP contribution in [0.4, 0.5) is 0 Å². The first kappa shape index (κ1) is 24.4. The van der Waals surface area contributed by atoms with Gasteiger partial charge in [0.1, 0.15) is 0 Å². The van der Waals surface area contributed by atoms with Crippen LogP contribution in [0, 0.1) is 58.7 Å². The predicted molar refractivity (Wildman–Crippen MR) is 136 cm³/mol. The van der Waals surface area contributed by atoms with Gasteiger partial charge >= 0.3 is 0 Å². The number of aromatic nitrogens is 2. The lowest BCUT2D eigenvalue weighted by molar-refractivity contribution is -0.116. The Labute approximate surface area is 207 Å². The Morgan fingerprint density at radius 1 is 1.15 bits per heavy atom. The zero-order valence-corrected chi connectivity index (χ0v) is 21.9. The molecule has 188 valence electrons. The van der Waals surface area contributed by atoms with E-state index in [1.54, 1.807) is 0 Å². The van der Waals surface area contributed by atoms with Gasteiger partial charge < -0.3 is 9.84 Å². The monoisotopic (exact) mass is 466 g/mol. The molecule has 1 aromatic rings. The second kappa shape index (κ2) is 9.62. The topological polar surface area (TPSA) is 47.3 Å². The van der Waals surface area contributed by atoms with E-state index in [4.69, 9.17) is 4.74 Å². The number of rotatable bonds is 5. The van der Waals surface area contributed by atoms with E-state index in [9.17, 15) is 5.11 Å². The van der Waals surface area contributed by atoms with Crippen molar-refractivity contribution in [2.75, 3.05) is 13.7 Å². The molecule has 9 atom stereocenters. The van der Waals surface area contributed by atoms with Crippen LogP contribution in [0.5, 0.6) is 0 Å². The minimum absolute atomic E-state index is 0.253. The van der Waals surface area contributed by atoms with Crippen LogP contribution in [0.2, 0.25) is 0 Å². The van der Waals surface area contributed by atoms with E-state index >= 15 is 0 Å². The molecule has 4 saturated carbocycles. The fraction of sp³-hybridized carbons (Fsp3) is 0.833. The fourth-order valence-corrected chi connectivity index (χ4v) is 9.50. The predicted octanol–water partition coefficient (Wildman–Crippen LogP) is 5.93. The highest BCUT2D eigenvalue weighted by Gasteiger charge is 2.60. The first-order chi connectivity index (χ1) is 16.4. The second-order valence-electron chi connectivity index (χ2n) is 12.7. The van der Waals surface area contributed by atoms with Crippen molar-refractivity contribution in [3.05, 3.63) is 18.0 Å². The summed E-state index contributed by atoms with van der Waals surface area (Å²) in [4.78, 5) is 0. The Morgan fingerprint density at radius 3 is 2.76 bits per heavy atom. The van der Waals surface area contributed by atoms with Gasteiger partial charge in [-0.15, -0.1) is 0 Å². The molecule has 4 heteroatoms. The van der Waals surface area contributed by atoms with Crippen LogP contribution in [0.3, 0.4) is 0 Å². The molecule has 4 nitrogen and oxygen atoms in total. The minimum Gasteiger partial charge on any atom is -0.388 e. The van der Waals surface area contributed by atoms with Crippen molar-refractivity contribution in [2.24, 2.45) is 46.8 Å². The van der Waals surface area contributed by atoms with E-state index < -0.39 is 5.60 Å². The molecule has 5 rings (SSSR count). The van der Waals surface area contributed by atoms with Crippen molar-refractivity contribution < 1.29 is 9.84 Å². The maximum atomic E-state index is 11.8. The normalized spacial score (nSPS) is 40.9. The maximum Gasteiger partial charge on any atom is 0.0848 e. The smallest absolute Gasteiger partial charge is 0.0848 e. The standard InChI is InChI=1S/C30H46N2O2/c1-5-6-7-22-17-31-32(18-22)20-30(3,33)28-13-12-27-26-11-9-23-16-21(19-34-4)8-10-24(23)25(26)14-15-29(27,28)2/h17-18,21,23-28,33H,5,8-16,19-20H2,1-4H3/t21?,23?,24?,25?,26?,27?,28?,29?,30-/m0/s1. The maximum absolute atomic E-state index is 11.8. The van der Waals surface area contributed by atoms with E-state index in [0.29, 0.717) is 12.5 Å². The van der Waals surface area contributed by atoms with Crippen molar-refractivity contribution in [1.29, 1.82) is 0 Å². The third-order valence-corrected chi connectivity index (χ3v) is 10.7. The van der Waals surface area contributed by atoms with Gasteiger partial charge in [-0.05, 0) is 112 Å². The van der Waals surface area contributed by atoms with Crippen LogP contribution in [0.1, 0.15) is 90.5 Å². The van der Waals surface area contributed by atoms with Gasteiger partial charge in [-0.1, -0.05) is 25.7 Å². The van der Waals surface area contributed by atoms with E-state index in [1.165, 1.54) is 51.4 Å². The van der Waals surface area contributed by atoms with Crippen LogP contribution in [0.15, 0.2) is 12.4 Å². The molecule has 4 fully saturated rings. The summed E-state index contributed by atoms with van der Waals surface area (Å²) in [7, 11) is 1.86. The second-order valence-corrected chi connectivity index (χ2v) is 12.7. The third-order valence-electron chi connectivity index (χ3n) is 10.7. The average molecular weight is 467 g/mol. The highest BCUT2D eigenvalue weighted by atomic mass is 16.5. The molecule has 0 saturated heterocycles. The Kier molecular flexibility index (Phi) is 6.90. The molecule has 4 aliphatic rings. The van der Waals surface area contributed by atoms with Gasteiger partial charge in [-0.2, -0.15) is 5.10 Å². The minimum atomic E-state index is -0.743. The Bertz CT molecular complexity index is 910. The van der Waals surface area contributed by atoms with Crippen molar-refractivity contribution in [3.63, 3.8) is 0 Å². The lowest BCUT2D eigenvalue weighted by atomic mass is 9.48. The number of hydrogen-bond acceptors (Lipinski definition) is 3. The summed E-state index contributed by atoms with van der Waals surface area (Å²) in [6, 6.07) is 0. The summed E-state index contributed by atoms with van der Waals surface area (Å²) in [5, 5.41) is 16.3. The molecule has 0 spiro atoms. The van der Waals surface area contributed by atoms with Gasteiger partial charge in [0.15, 0.2) is 0 Å². The van der Waals surface area contributed by atoms with Gasteiger partial charge in [0.25, 0.3) is 0 Å². The average Bonchev–Trinajstić information content (AvgIpc) is 3.41. The van der Waals surface area contributed by atoms with Gasteiger partial charge in [-0.25, -0.2) is 0 Å². The largest absolute Gasteiger partial charge is 0.388 e. The number of methoxy groups -OCH3 is 1. The molecule has 0 aliphatic heterocycles. The van der Waals surface area contributed by atoms with Gasteiger partial charge in [-0.3, -0.25) is 4.68 Å². The Morgan fingerprint density at radius 2 is 1.97 bits per heavy atom. The molecule has 34 heavy (non-hydrogen) atoms. The first-order valence-electron chi connectivity index (χ1n) is 14.1. The zero-order valence-electron chi connectivity index (χ0n) is 21.9. The van der Waals surface area contributed by atoms with Crippen molar-refractivity contribution in [3.8, 4) is 11.8 Å². The molecule has 0 aromatic carbocycles. The first-order valence-corrected chi connectivity index (χ1v) is 14.1. The molecule has 4 aliphatic carbocycles. The number of nitrogens with zero attached hydrogens (tertiary/aromatic N) is 2. The molecule has 0 bridgehead atoms. The van der Waals surface area contributed by atoms with Crippen molar-refractivity contribution in [1.82, 2.24) is 9.78 Å². The molecule has 1 aromatic heterocycles. The molecule has 0 radical (unpaired) electrons. The van der Waals surface area contributed by atoms with Crippen LogP contribution < -0.4 is 0 Å². The number of hydrogen-bond donors (Lipinski definition) is 1. The molecular weight excluding hydrogens is 420 g/mol. The summed E-state index contributed by atoms with van der Waals surface area (Å²) in [6.45, 7) is 8.19. The molecule has 1 N–H and O–H groups in total. The quantitative estimate of drug-likeness (QED) is 0.547. The Hall–Kier alpha value is -1.31. The van der Waals surface area contributed by atoms with Crippen LogP contribution in [-0.2, 0) is 11.3 Å². The van der Waals surface area contributed by atoms with Crippen LogP contribution in [-0.4, -0.2) is 34.2 Å². The van der Waals surface area contributed by atoms with E-state index in [-0.39, 0.29) is 5.41 Å². The summed E-state index contributed by atoms with van der Waals surface area (Å²) < 4.78 is 7.43. The van der Waals surface area contributed by atoms with E-state index in [2.05, 4.69) is 37.7 Å². The lowest BCUT2D eigenvalue weighted by Gasteiger charge is -2.57. The number of fused-ring (bicyclic) bond motifs is 5. The van der Waals surface area contributed by atoms with Crippen LogP contribution in [0.25, 0.3) is 0 Å². The number of ether oxygens (including phenoxy) is 1. The van der Waals surface area contributed by atoms with E-state index in [0.717, 1.165) is 60.5 Å². The van der Waals surface area contributed by atoms with Crippen LogP contribution >= 0.6 is 0 Å². The summed E-state index contributed by atoms with van der Waals surface area (Å²) in [5.74, 6) is 11.9. The van der Waals surface area contributed by atoms with E-state index in [1.807, 2.05) is 24.2 Å². The molecule has 0 amide bonds. The van der Waals surface area contributed by atoms with Crippen molar-refractivity contribution in [2.45, 2.75) is 97.1 Å². The number of aliphatic hydroxyl groups is 1. The SMILES string of the molecule is CCC#Cc1cnn(C[C@](C)(O)C2CCC3C4CCC5CC(COC)CCC5C4CCC32C)c1. The highest BCUT2D eigenvalue weighted by molar-refractivity contribution is 5.29. The molecule has 1 heterocycles. The third kappa shape index (κ3) is 4.37. The zero-order chi connectivity index (χ0) is 23.9. The summed E-state index contributed by atoms with van der Waals surface area (Å²) in [6.07, 6.45) is 16.8. The fourth-order valence-electron chi connectivity index (χ4n) is 9.50. The van der Waals surface area contributed by atoms with Gasteiger partial charge in [0.2, 0.25) is 0 Å². The van der Waals surface area contributed by atoms with Gasteiger partial charge in [0.05, 0.1) is 23.9 Å². The molecular formula is C30H46N2O2. The summed E-state index contributed by atoms with van der Waals surface area (Å²) in [5.41, 5.74) is 0.460. The highest BCUT2D eigenvalue weighted by Crippen LogP contribution is 2.66. The molecule has 8 unspecified atom stereocenters. The summed E-state index contributed by atoms with van der Waals surface area (Å²) >= 11 is 0.